The van der Waals surface area contributed by atoms with Crippen LogP contribution in [0, 0.1) is 5.82 Å². The zero-order valence-corrected chi connectivity index (χ0v) is 14.9. The number of hydrogen-bond acceptors (Lipinski definition) is 4. The Morgan fingerprint density at radius 3 is 2.38 bits per heavy atom. The fourth-order valence-electron chi connectivity index (χ4n) is 2.32. The molecule has 1 aromatic heterocycles. The van der Waals surface area contributed by atoms with Crippen LogP contribution in [0.5, 0.6) is 0 Å². The third-order valence-corrected chi connectivity index (χ3v) is 4.33. The van der Waals surface area contributed by atoms with Crippen molar-refractivity contribution in [2.75, 3.05) is 0 Å². The van der Waals surface area contributed by atoms with Gasteiger partial charge in [-0.05, 0) is 56.3 Å². The molecule has 0 saturated carbocycles. The molecule has 0 N–H and O–H groups in total. The molecule has 0 radical (unpaired) electrons. The number of hydrogen-bond donors (Lipinski definition) is 0. The summed E-state index contributed by atoms with van der Waals surface area (Å²) in [5, 5.41) is 1.85. The summed E-state index contributed by atoms with van der Waals surface area (Å²) in [6.07, 6.45) is 0.569. The van der Waals surface area contributed by atoms with E-state index in [-0.39, 0.29) is 18.0 Å². The molecular weight excluding hydrogens is 327 g/mol. The molecule has 0 spiro atoms. The second-order valence-corrected chi connectivity index (χ2v) is 7.52. The smallest absolute Gasteiger partial charge is 0.313 e. The van der Waals surface area contributed by atoms with Crippen LogP contribution >= 0.6 is 11.3 Å². The average molecular weight is 348 g/mol. The number of thiophene rings is 1. The molecular formula is C19H21FO3S. The van der Waals surface area contributed by atoms with Crippen LogP contribution in [0.25, 0.3) is 0 Å². The topological polar surface area (TPSA) is 43.4 Å². The molecule has 2 aromatic rings. The molecule has 5 heteroatoms. The number of ether oxygens (including phenoxy) is 1. The Morgan fingerprint density at radius 1 is 1.17 bits per heavy atom. The Labute approximate surface area is 145 Å². The number of rotatable bonds is 6. The van der Waals surface area contributed by atoms with Gasteiger partial charge in [-0.1, -0.05) is 18.2 Å². The lowest BCUT2D eigenvalue weighted by atomic mass is 9.92. The summed E-state index contributed by atoms with van der Waals surface area (Å²) in [6, 6.07) is 9.36. The summed E-state index contributed by atoms with van der Waals surface area (Å²) >= 11 is 1.38. The van der Waals surface area contributed by atoms with E-state index in [1.807, 2.05) is 11.4 Å². The number of ketones is 1. The second-order valence-electron chi connectivity index (χ2n) is 6.58. The fraction of sp³-hybridized carbons (Fsp3) is 0.368. The average Bonchev–Trinajstić information content (AvgIpc) is 3.01. The minimum Gasteiger partial charge on any atom is -0.459 e. The first-order valence-electron chi connectivity index (χ1n) is 7.81. The molecule has 1 atom stereocenters. The van der Waals surface area contributed by atoms with Gasteiger partial charge < -0.3 is 4.74 Å². The summed E-state index contributed by atoms with van der Waals surface area (Å²) < 4.78 is 18.6. The van der Waals surface area contributed by atoms with E-state index in [1.54, 1.807) is 39.0 Å². The van der Waals surface area contributed by atoms with Gasteiger partial charge in [0.25, 0.3) is 0 Å². The van der Waals surface area contributed by atoms with Crippen LogP contribution in [0.3, 0.4) is 0 Å². The molecule has 1 aromatic carbocycles. The molecule has 128 valence electrons. The van der Waals surface area contributed by atoms with Crippen molar-refractivity contribution in [2.45, 2.75) is 45.1 Å². The fourth-order valence-corrected chi connectivity index (χ4v) is 3.02. The van der Waals surface area contributed by atoms with Gasteiger partial charge in [0.1, 0.15) is 11.4 Å². The van der Waals surface area contributed by atoms with Gasteiger partial charge in [-0.3, -0.25) is 9.59 Å². The highest BCUT2D eigenvalue weighted by Gasteiger charge is 2.27. The largest absolute Gasteiger partial charge is 0.459 e. The molecule has 3 nitrogen and oxygen atoms in total. The van der Waals surface area contributed by atoms with E-state index in [0.29, 0.717) is 16.9 Å². The van der Waals surface area contributed by atoms with Crippen molar-refractivity contribution < 1.29 is 18.7 Å². The summed E-state index contributed by atoms with van der Waals surface area (Å²) in [7, 11) is 0. The van der Waals surface area contributed by atoms with Gasteiger partial charge in [0.05, 0.1) is 10.8 Å². The maximum atomic E-state index is 13.2. The molecule has 0 amide bonds. The first kappa shape index (κ1) is 18.3. The Balaban J connectivity index is 2.14. The number of halogens is 1. The highest BCUT2D eigenvalue weighted by molar-refractivity contribution is 7.12. The van der Waals surface area contributed by atoms with E-state index >= 15 is 0 Å². The summed E-state index contributed by atoms with van der Waals surface area (Å²) in [6.45, 7) is 5.39. The van der Waals surface area contributed by atoms with Crippen molar-refractivity contribution in [3.63, 3.8) is 0 Å². The predicted octanol–water partition coefficient (Wildman–Crippen LogP) is 4.98. The Hall–Kier alpha value is -2.01. The van der Waals surface area contributed by atoms with E-state index in [0.717, 1.165) is 0 Å². The van der Waals surface area contributed by atoms with Crippen LogP contribution in [0.1, 0.15) is 54.8 Å². The quantitative estimate of drug-likeness (QED) is 0.546. The van der Waals surface area contributed by atoms with Gasteiger partial charge in [0.15, 0.2) is 5.78 Å². The van der Waals surface area contributed by atoms with Gasteiger partial charge in [-0.2, -0.15) is 0 Å². The van der Waals surface area contributed by atoms with E-state index in [2.05, 4.69) is 0 Å². The lowest BCUT2D eigenvalue weighted by Crippen LogP contribution is -2.28. The minimum absolute atomic E-state index is 0.000621. The molecule has 0 fully saturated rings. The summed E-state index contributed by atoms with van der Waals surface area (Å²) in [5.41, 5.74) is 0.0391. The molecule has 0 aliphatic heterocycles. The van der Waals surface area contributed by atoms with Gasteiger partial charge >= 0.3 is 5.97 Å². The molecule has 0 saturated heterocycles. The highest BCUT2D eigenvalue weighted by atomic mass is 32.1. The molecule has 24 heavy (non-hydrogen) atoms. The standard InChI is InChI=1S/C19H21FO3S/c1-19(2,3)23-18(22)15(13-6-8-14(20)9-7-13)10-11-16(21)17-5-4-12-24-17/h4-9,12,15H,10-11H2,1-3H3. The van der Waals surface area contributed by atoms with Crippen molar-refractivity contribution in [2.24, 2.45) is 0 Å². The molecule has 0 bridgehead atoms. The number of benzene rings is 1. The molecule has 2 rings (SSSR count). The molecule has 0 aliphatic rings. The van der Waals surface area contributed by atoms with Crippen molar-refractivity contribution >= 4 is 23.1 Å². The van der Waals surface area contributed by atoms with Crippen molar-refractivity contribution in [3.8, 4) is 0 Å². The van der Waals surface area contributed by atoms with Crippen molar-refractivity contribution in [3.05, 3.63) is 58.0 Å². The van der Waals surface area contributed by atoms with E-state index in [1.165, 1.54) is 23.5 Å². The summed E-state index contributed by atoms with van der Waals surface area (Å²) in [4.78, 5) is 25.4. The Bertz CT molecular complexity index is 684. The predicted molar refractivity (Wildman–Crippen MR) is 92.9 cm³/mol. The lowest BCUT2D eigenvalue weighted by molar-refractivity contribution is -0.156. The van der Waals surface area contributed by atoms with Crippen molar-refractivity contribution in [1.82, 2.24) is 0 Å². The lowest BCUT2D eigenvalue weighted by Gasteiger charge is -2.24. The first-order valence-corrected chi connectivity index (χ1v) is 8.69. The second kappa shape index (κ2) is 7.71. The number of carbonyl (C=O) groups excluding carboxylic acids is 2. The minimum atomic E-state index is -0.618. The van der Waals surface area contributed by atoms with Gasteiger partial charge in [-0.25, -0.2) is 4.39 Å². The van der Waals surface area contributed by atoms with Crippen LogP contribution in [-0.4, -0.2) is 17.4 Å². The van der Waals surface area contributed by atoms with Gasteiger partial charge in [0.2, 0.25) is 0 Å². The third kappa shape index (κ3) is 5.27. The summed E-state index contributed by atoms with van der Waals surface area (Å²) in [5.74, 6) is -1.35. The third-order valence-electron chi connectivity index (χ3n) is 3.42. The number of Topliss-reactive ketones (excluding diaryl/α,β-unsaturated/α-hetero) is 1. The van der Waals surface area contributed by atoms with Crippen LogP contribution in [0.15, 0.2) is 41.8 Å². The highest BCUT2D eigenvalue weighted by Crippen LogP contribution is 2.27. The molecule has 0 aliphatic carbocycles. The SMILES string of the molecule is CC(C)(C)OC(=O)C(CCC(=O)c1cccs1)c1ccc(F)cc1. The zero-order valence-electron chi connectivity index (χ0n) is 14.0. The maximum absolute atomic E-state index is 13.2. The molecule has 1 heterocycles. The zero-order chi connectivity index (χ0) is 17.7. The Kier molecular flexibility index (Phi) is 5.89. The van der Waals surface area contributed by atoms with E-state index in [9.17, 15) is 14.0 Å². The Morgan fingerprint density at radius 2 is 1.83 bits per heavy atom. The van der Waals surface area contributed by atoms with E-state index in [4.69, 9.17) is 4.74 Å². The monoisotopic (exact) mass is 348 g/mol. The van der Waals surface area contributed by atoms with E-state index < -0.39 is 17.5 Å². The van der Waals surface area contributed by atoms with Crippen LogP contribution in [-0.2, 0) is 9.53 Å². The van der Waals surface area contributed by atoms with Crippen molar-refractivity contribution in [1.29, 1.82) is 0 Å². The van der Waals surface area contributed by atoms with Crippen LogP contribution < -0.4 is 0 Å². The number of carbonyl (C=O) groups is 2. The molecule has 1 unspecified atom stereocenters. The van der Waals surface area contributed by atoms with Crippen LogP contribution in [0.4, 0.5) is 4.39 Å². The normalized spacial score (nSPS) is 12.7. The first-order chi connectivity index (χ1) is 11.3. The van der Waals surface area contributed by atoms with Crippen LogP contribution in [0.2, 0.25) is 0 Å². The number of esters is 1. The van der Waals surface area contributed by atoms with Gasteiger partial charge in [0, 0.05) is 6.42 Å². The van der Waals surface area contributed by atoms with Gasteiger partial charge in [-0.15, -0.1) is 11.3 Å². The maximum Gasteiger partial charge on any atom is 0.313 e.